The summed E-state index contributed by atoms with van der Waals surface area (Å²) < 4.78 is 13.9. The van der Waals surface area contributed by atoms with E-state index in [4.69, 9.17) is 16.9 Å². The zero-order valence-corrected chi connectivity index (χ0v) is 10.6. The lowest BCUT2D eigenvalue weighted by molar-refractivity contribution is 0.0977. The molecule has 0 fully saturated rings. The summed E-state index contributed by atoms with van der Waals surface area (Å²) in [7, 11) is 0. The highest BCUT2D eigenvalue weighted by atomic mass is 35.5. The van der Waals surface area contributed by atoms with Crippen molar-refractivity contribution in [3.63, 3.8) is 0 Å². The van der Waals surface area contributed by atoms with E-state index in [0.29, 0.717) is 5.56 Å². The summed E-state index contributed by atoms with van der Waals surface area (Å²) in [6.07, 6.45) is 0. The van der Waals surface area contributed by atoms with Crippen molar-refractivity contribution >= 4 is 17.4 Å². The van der Waals surface area contributed by atoms with Crippen LogP contribution in [0.4, 0.5) is 4.39 Å². The number of carbonyl (C=O) groups excluding carboxylic acids is 1. The second kappa shape index (κ2) is 5.64. The van der Waals surface area contributed by atoms with Gasteiger partial charge in [0.2, 0.25) is 0 Å². The van der Waals surface area contributed by atoms with Crippen molar-refractivity contribution in [3.05, 3.63) is 70.5 Å². The summed E-state index contributed by atoms with van der Waals surface area (Å²) in [6, 6.07) is 14.5. The van der Waals surface area contributed by atoms with Gasteiger partial charge in [0, 0.05) is 11.1 Å². The summed E-state index contributed by atoms with van der Waals surface area (Å²) in [4.78, 5) is 12.2. The molecular formula is C15H9ClFNO. The van der Waals surface area contributed by atoms with Gasteiger partial charge in [-0.1, -0.05) is 54.1 Å². The number of hydrogen-bond donors (Lipinski definition) is 0. The molecule has 0 saturated carbocycles. The lowest BCUT2D eigenvalue weighted by Crippen LogP contribution is -2.12. The maximum absolute atomic E-state index is 13.9. The number of Topliss-reactive ketones (excluding diaryl/α,β-unsaturated/α-hetero) is 1. The molecule has 0 N–H and O–H groups in total. The van der Waals surface area contributed by atoms with Crippen LogP contribution in [0, 0.1) is 17.1 Å². The number of benzene rings is 2. The minimum Gasteiger partial charge on any atom is -0.292 e. The average molecular weight is 274 g/mol. The van der Waals surface area contributed by atoms with Crippen LogP contribution in [0.15, 0.2) is 48.5 Å². The Morgan fingerprint density at radius 2 is 1.84 bits per heavy atom. The summed E-state index contributed by atoms with van der Waals surface area (Å²) in [6.45, 7) is 0. The first-order valence-electron chi connectivity index (χ1n) is 5.58. The molecule has 1 atom stereocenters. The van der Waals surface area contributed by atoms with Gasteiger partial charge in [-0.3, -0.25) is 4.79 Å². The first kappa shape index (κ1) is 13.3. The largest absolute Gasteiger partial charge is 0.292 e. The van der Waals surface area contributed by atoms with Crippen LogP contribution in [0.25, 0.3) is 0 Å². The van der Waals surface area contributed by atoms with E-state index < -0.39 is 17.5 Å². The third-order valence-electron chi connectivity index (χ3n) is 2.74. The molecule has 0 aliphatic carbocycles. The Bertz CT molecular complexity index is 649. The minimum atomic E-state index is -1.19. The lowest BCUT2D eigenvalue weighted by Gasteiger charge is -2.10. The highest BCUT2D eigenvalue weighted by Crippen LogP contribution is 2.27. The van der Waals surface area contributed by atoms with Crippen LogP contribution in [-0.4, -0.2) is 5.78 Å². The van der Waals surface area contributed by atoms with Gasteiger partial charge in [0.1, 0.15) is 11.7 Å². The lowest BCUT2D eigenvalue weighted by atomic mass is 9.91. The van der Waals surface area contributed by atoms with Crippen LogP contribution < -0.4 is 0 Å². The molecule has 2 nitrogen and oxygen atoms in total. The quantitative estimate of drug-likeness (QED) is 0.794. The van der Waals surface area contributed by atoms with Crippen molar-refractivity contribution in [2.75, 3.05) is 0 Å². The van der Waals surface area contributed by atoms with Gasteiger partial charge in [-0.05, 0) is 6.07 Å². The van der Waals surface area contributed by atoms with Gasteiger partial charge in [-0.25, -0.2) is 4.39 Å². The van der Waals surface area contributed by atoms with E-state index >= 15 is 0 Å². The summed E-state index contributed by atoms with van der Waals surface area (Å²) in [5, 5.41) is 9.05. The van der Waals surface area contributed by atoms with E-state index in [1.807, 2.05) is 6.07 Å². The predicted molar refractivity (Wildman–Crippen MR) is 70.5 cm³/mol. The van der Waals surface area contributed by atoms with Gasteiger partial charge in [0.25, 0.3) is 0 Å². The number of nitrogens with zero attached hydrogens (tertiary/aromatic N) is 1. The molecule has 4 heteroatoms. The van der Waals surface area contributed by atoms with E-state index in [9.17, 15) is 9.18 Å². The molecule has 0 bridgehead atoms. The Labute approximate surface area is 115 Å². The van der Waals surface area contributed by atoms with Gasteiger partial charge in [0.15, 0.2) is 5.78 Å². The number of ketones is 1. The topological polar surface area (TPSA) is 40.9 Å². The zero-order chi connectivity index (χ0) is 13.8. The highest BCUT2D eigenvalue weighted by molar-refractivity contribution is 6.30. The van der Waals surface area contributed by atoms with Gasteiger partial charge in [-0.15, -0.1) is 0 Å². The summed E-state index contributed by atoms with van der Waals surface area (Å²) >= 11 is 5.67. The van der Waals surface area contributed by atoms with Crippen LogP contribution in [0.3, 0.4) is 0 Å². The Balaban J connectivity index is 2.44. The van der Waals surface area contributed by atoms with Crippen molar-refractivity contribution in [2.45, 2.75) is 5.92 Å². The number of rotatable bonds is 3. The van der Waals surface area contributed by atoms with E-state index in [0.717, 1.165) is 0 Å². The maximum atomic E-state index is 13.9. The van der Waals surface area contributed by atoms with Crippen molar-refractivity contribution in [3.8, 4) is 6.07 Å². The van der Waals surface area contributed by atoms with Crippen LogP contribution in [-0.2, 0) is 0 Å². The molecule has 0 amide bonds. The molecule has 19 heavy (non-hydrogen) atoms. The molecule has 0 radical (unpaired) electrons. The molecule has 0 heterocycles. The van der Waals surface area contributed by atoms with E-state index in [1.54, 1.807) is 30.3 Å². The monoisotopic (exact) mass is 273 g/mol. The van der Waals surface area contributed by atoms with Crippen LogP contribution in [0.1, 0.15) is 21.8 Å². The molecule has 2 rings (SSSR count). The Kier molecular flexibility index (Phi) is 3.94. The first-order chi connectivity index (χ1) is 9.15. The van der Waals surface area contributed by atoms with Crippen molar-refractivity contribution in [1.29, 1.82) is 5.26 Å². The number of carbonyl (C=O) groups is 1. The normalized spacial score (nSPS) is 11.6. The van der Waals surface area contributed by atoms with Gasteiger partial charge in [-0.2, -0.15) is 5.26 Å². The van der Waals surface area contributed by atoms with Crippen molar-refractivity contribution in [1.82, 2.24) is 0 Å². The highest BCUT2D eigenvalue weighted by Gasteiger charge is 2.25. The molecular weight excluding hydrogens is 265 g/mol. The first-order valence-corrected chi connectivity index (χ1v) is 5.95. The smallest absolute Gasteiger partial charge is 0.184 e. The number of nitriles is 1. The molecule has 0 aromatic heterocycles. The van der Waals surface area contributed by atoms with Gasteiger partial charge < -0.3 is 0 Å². The fourth-order valence-corrected chi connectivity index (χ4v) is 1.96. The number of hydrogen-bond acceptors (Lipinski definition) is 2. The average Bonchev–Trinajstić information content (AvgIpc) is 2.45. The van der Waals surface area contributed by atoms with E-state index in [-0.39, 0.29) is 10.6 Å². The predicted octanol–water partition coefficient (Wildman–Crippen LogP) is 3.97. The third-order valence-corrected chi connectivity index (χ3v) is 3.03. The molecule has 0 aliphatic heterocycles. The van der Waals surface area contributed by atoms with Gasteiger partial charge in [0.05, 0.1) is 11.1 Å². The Hall–Kier alpha value is -2.18. The van der Waals surface area contributed by atoms with Crippen molar-refractivity contribution < 1.29 is 9.18 Å². The van der Waals surface area contributed by atoms with E-state index in [2.05, 4.69) is 0 Å². The molecule has 2 aromatic carbocycles. The van der Waals surface area contributed by atoms with Crippen LogP contribution >= 0.6 is 11.6 Å². The Morgan fingerprint density at radius 1 is 1.16 bits per heavy atom. The fraction of sp³-hybridized carbons (Fsp3) is 0.0667. The molecule has 94 valence electrons. The second-order valence-electron chi connectivity index (χ2n) is 3.94. The number of halogens is 2. The molecule has 2 aromatic rings. The maximum Gasteiger partial charge on any atom is 0.184 e. The minimum absolute atomic E-state index is 0.00357. The summed E-state index contributed by atoms with van der Waals surface area (Å²) in [5.74, 6) is -2.36. The standard InChI is InChI=1S/C15H9ClFNO/c16-13-8-4-7-11(14(13)17)12(9-18)15(19)10-5-2-1-3-6-10/h1-8,12H. The molecule has 0 saturated heterocycles. The van der Waals surface area contributed by atoms with Crippen LogP contribution in [0.5, 0.6) is 0 Å². The molecule has 0 spiro atoms. The Morgan fingerprint density at radius 3 is 2.47 bits per heavy atom. The molecule has 1 unspecified atom stereocenters. The zero-order valence-electron chi connectivity index (χ0n) is 9.81. The van der Waals surface area contributed by atoms with Gasteiger partial charge >= 0.3 is 0 Å². The van der Waals surface area contributed by atoms with E-state index in [1.165, 1.54) is 18.2 Å². The van der Waals surface area contributed by atoms with Crippen LogP contribution in [0.2, 0.25) is 5.02 Å². The SMILES string of the molecule is N#CC(C(=O)c1ccccc1)c1cccc(Cl)c1F. The van der Waals surface area contributed by atoms with Crippen molar-refractivity contribution in [2.24, 2.45) is 0 Å². The second-order valence-corrected chi connectivity index (χ2v) is 4.34. The molecule has 0 aliphatic rings. The summed E-state index contributed by atoms with van der Waals surface area (Å²) in [5.41, 5.74) is 0.372. The third kappa shape index (κ3) is 2.64. The fourth-order valence-electron chi connectivity index (χ4n) is 1.78.